The molecule has 0 saturated carbocycles. The Hall–Kier alpha value is -0.889. The van der Waals surface area contributed by atoms with Crippen LogP contribution in [0.15, 0.2) is 9.98 Å². The van der Waals surface area contributed by atoms with Crippen LogP contribution in [-0.2, 0) is 8.23 Å². The van der Waals surface area contributed by atoms with Gasteiger partial charge in [0.2, 0.25) is 0 Å². The summed E-state index contributed by atoms with van der Waals surface area (Å²) in [4.78, 5) is 9.44. The third-order valence-electron chi connectivity index (χ3n) is 5.16. The molecule has 244 valence electrons. The molecule has 4 N–H and O–H groups in total. The molecule has 0 unspecified atom stereocenters. The SMILES string of the molecule is C.C.C.CC(C)N=C(NCCC[Si](C)(C)O[Si](C)(C)O[Si](C)(C)CCCN=C(NC(C)C)NC(C)C)NC(C)C. The van der Waals surface area contributed by atoms with Gasteiger partial charge in [-0.05, 0) is 120 Å². The minimum Gasteiger partial charge on any atom is -0.437 e. The van der Waals surface area contributed by atoms with Crippen molar-refractivity contribution in [2.45, 2.75) is 166 Å². The van der Waals surface area contributed by atoms with E-state index in [4.69, 9.17) is 13.2 Å². The lowest BCUT2D eigenvalue weighted by atomic mass is 10.4. The number of guanidine groups is 2. The Labute approximate surface area is 255 Å². The summed E-state index contributed by atoms with van der Waals surface area (Å²) in [5, 5.41) is 13.7. The van der Waals surface area contributed by atoms with E-state index in [1.54, 1.807) is 0 Å². The lowest BCUT2D eigenvalue weighted by molar-refractivity contribution is 0.387. The molecule has 0 atom stereocenters. The molecule has 0 aromatic carbocycles. The molecule has 0 bridgehead atoms. The summed E-state index contributed by atoms with van der Waals surface area (Å²) in [5.74, 6) is 1.79. The van der Waals surface area contributed by atoms with E-state index in [1.807, 2.05) is 0 Å². The van der Waals surface area contributed by atoms with E-state index in [-0.39, 0.29) is 28.3 Å². The molecule has 0 spiro atoms. The molecule has 0 rings (SSSR count). The number of aliphatic imine (C=N–C) groups is 2. The Balaban J connectivity index is -0.00000216. The first-order chi connectivity index (χ1) is 16.8. The van der Waals surface area contributed by atoms with Crippen molar-refractivity contribution in [3.8, 4) is 0 Å². The van der Waals surface area contributed by atoms with Crippen molar-refractivity contribution < 1.29 is 8.23 Å². The van der Waals surface area contributed by atoms with Crippen molar-refractivity contribution in [2.24, 2.45) is 9.98 Å². The van der Waals surface area contributed by atoms with Gasteiger partial charge in [0, 0.05) is 37.3 Å². The van der Waals surface area contributed by atoms with Crippen LogP contribution in [0.5, 0.6) is 0 Å². The summed E-state index contributed by atoms with van der Waals surface area (Å²) in [6, 6.07) is 3.53. The van der Waals surface area contributed by atoms with Crippen LogP contribution >= 0.6 is 0 Å². The molecule has 11 heteroatoms. The number of hydrogen-bond donors (Lipinski definition) is 4. The van der Waals surface area contributed by atoms with E-state index < -0.39 is 25.2 Å². The standard InChI is InChI=1S/C26H62N6O2Si3.3CH4/c1-21(2)29-25(30-22(3)4)27-17-15-19-35(9,10)33-37(13,14)34-36(11,12)20-16-18-28-26(31-23(5)6)32-24(7)8;;;/h21-24H,15-20H2,1-14H3,(H2,27,29,30)(H2,28,31,32);3*1H4. The average molecular weight is 623 g/mol. The maximum atomic E-state index is 6.80. The van der Waals surface area contributed by atoms with Gasteiger partial charge in [-0.15, -0.1) is 0 Å². The summed E-state index contributed by atoms with van der Waals surface area (Å²) in [6.07, 6.45) is 2.10. The molecule has 0 aliphatic rings. The van der Waals surface area contributed by atoms with Crippen molar-refractivity contribution in [1.82, 2.24) is 21.3 Å². The van der Waals surface area contributed by atoms with Gasteiger partial charge in [0.15, 0.2) is 28.6 Å². The summed E-state index contributed by atoms with van der Waals surface area (Å²) in [5.41, 5.74) is 0. The Morgan fingerprint density at radius 1 is 0.625 bits per heavy atom. The highest BCUT2D eigenvalue weighted by Crippen LogP contribution is 2.26. The van der Waals surface area contributed by atoms with Gasteiger partial charge in [0.1, 0.15) is 0 Å². The molecule has 0 fully saturated rings. The Morgan fingerprint density at radius 2 is 1.02 bits per heavy atom. The number of hydrogen-bond acceptors (Lipinski definition) is 4. The molecule has 0 aliphatic heterocycles. The van der Waals surface area contributed by atoms with Crippen molar-refractivity contribution in [2.75, 3.05) is 13.1 Å². The lowest BCUT2D eigenvalue weighted by Crippen LogP contribution is -2.52. The minimum atomic E-state index is -2.22. The monoisotopic (exact) mass is 623 g/mol. The smallest absolute Gasteiger partial charge is 0.311 e. The third kappa shape index (κ3) is 26.0. The molecule has 0 heterocycles. The van der Waals surface area contributed by atoms with E-state index in [0.29, 0.717) is 18.1 Å². The topological polar surface area (TPSA) is 91.3 Å². The van der Waals surface area contributed by atoms with E-state index in [0.717, 1.165) is 49.9 Å². The number of nitrogens with zero attached hydrogens (tertiary/aromatic N) is 2. The summed E-state index contributed by atoms with van der Waals surface area (Å²) in [7, 11) is -5.90. The highest BCUT2D eigenvalue weighted by molar-refractivity contribution is 6.87. The van der Waals surface area contributed by atoms with Crippen molar-refractivity contribution >= 4 is 37.1 Å². The summed E-state index contributed by atoms with van der Waals surface area (Å²) in [6.45, 7) is 32.5. The van der Waals surface area contributed by atoms with Crippen LogP contribution in [0.3, 0.4) is 0 Å². The van der Waals surface area contributed by atoms with Crippen LogP contribution in [-0.4, -0.2) is 74.4 Å². The Bertz CT molecular complexity index is 685. The van der Waals surface area contributed by atoms with Crippen LogP contribution in [0.25, 0.3) is 0 Å². The zero-order valence-corrected chi connectivity index (χ0v) is 29.8. The second-order valence-electron chi connectivity index (χ2n) is 13.0. The summed E-state index contributed by atoms with van der Waals surface area (Å²) < 4.78 is 13.6. The van der Waals surface area contributed by atoms with Crippen molar-refractivity contribution in [1.29, 1.82) is 0 Å². The minimum absolute atomic E-state index is 0. The fourth-order valence-electron chi connectivity index (χ4n) is 4.22. The van der Waals surface area contributed by atoms with Gasteiger partial charge < -0.3 is 29.5 Å². The van der Waals surface area contributed by atoms with Gasteiger partial charge in [-0.2, -0.15) is 0 Å². The molecule has 0 saturated heterocycles. The van der Waals surface area contributed by atoms with Crippen LogP contribution in [0, 0.1) is 0 Å². The maximum absolute atomic E-state index is 6.80. The van der Waals surface area contributed by atoms with Crippen LogP contribution < -0.4 is 21.3 Å². The first-order valence-electron chi connectivity index (χ1n) is 14.4. The first kappa shape index (κ1) is 46.1. The fourth-order valence-corrected chi connectivity index (χ4v) is 18.3. The number of nitrogens with one attached hydrogen (secondary N) is 4. The molecule has 40 heavy (non-hydrogen) atoms. The predicted octanol–water partition coefficient (Wildman–Crippen LogP) is 7.52. The molecule has 0 amide bonds. The Morgan fingerprint density at radius 3 is 1.43 bits per heavy atom. The highest BCUT2D eigenvalue weighted by atomic mass is 28.5. The van der Waals surface area contributed by atoms with Gasteiger partial charge in [-0.3, -0.25) is 9.98 Å². The van der Waals surface area contributed by atoms with E-state index in [9.17, 15) is 0 Å². The molecule has 0 aromatic heterocycles. The van der Waals surface area contributed by atoms with Crippen molar-refractivity contribution in [3.05, 3.63) is 0 Å². The van der Waals surface area contributed by atoms with Crippen LogP contribution in [0.4, 0.5) is 0 Å². The van der Waals surface area contributed by atoms with Gasteiger partial charge in [0.25, 0.3) is 0 Å². The lowest BCUT2D eigenvalue weighted by Gasteiger charge is -2.38. The number of rotatable bonds is 16. The zero-order valence-electron chi connectivity index (χ0n) is 26.8. The molecular formula is C29H74N6O2Si3. The van der Waals surface area contributed by atoms with Gasteiger partial charge in [-0.25, -0.2) is 0 Å². The first-order valence-corrected chi connectivity index (χ1v) is 23.4. The van der Waals surface area contributed by atoms with Crippen LogP contribution in [0.1, 0.15) is 90.5 Å². The molecule has 0 aliphatic carbocycles. The zero-order chi connectivity index (χ0) is 28.9. The van der Waals surface area contributed by atoms with Crippen LogP contribution in [0.2, 0.25) is 51.4 Å². The summed E-state index contributed by atoms with van der Waals surface area (Å²) >= 11 is 0. The quantitative estimate of drug-likeness (QED) is 0.0616. The molecule has 8 nitrogen and oxygen atoms in total. The van der Waals surface area contributed by atoms with Crippen molar-refractivity contribution in [3.63, 3.8) is 0 Å². The normalized spacial score (nSPS) is 12.5. The molecule has 0 aromatic rings. The second kappa shape index (κ2) is 21.8. The fraction of sp³-hybridized carbons (Fsp3) is 0.931. The second-order valence-corrected chi connectivity index (χ2v) is 25.4. The van der Waals surface area contributed by atoms with Gasteiger partial charge in [0.05, 0.1) is 0 Å². The predicted molar refractivity (Wildman–Crippen MR) is 191 cm³/mol. The largest absolute Gasteiger partial charge is 0.437 e. The molecule has 0 radical (unpaired) electrons. The third-order valence-corrected chi connectivity index (χ3v) is 16.6. The Kier molecular flexibility index (Phi) is 25.1. The van der Waals surface area contributed by atoms with Gasteiger partial charge >= 0.3 is 8.56 Å². The van der Waals surface area contributed by atoms with Gasteiger partial charge in [-0.1, -0.05) is 22.3 Å². The van der Waals surface area contributed by atoms with E-state index in [2.05, 4.69) is 121 Å². The average Bonchev–Trinajstić information content (AvgIpc) is 2.64. The highest BCUT2D eigenvalue weighted by Gasteiger charge is 2.39. The maximum Gasteiger partial charge on any atom is 0.311 e. The van der Waals surface area contributed by atoms with E-state index >= 15 is 0 Å². The van der Waals surface area contributed by atoms with E-state index in [1.165, 1.54) is 0 Å². The molecular weight excluding hydrogens is 549 g/mol.